The number of nitrogens with one attached hydrogen (secondary N) is 1. The first-order chi connectivity index (χ1) is 13.8. The number of aryl methyl sites for hydroxylation is 1. The van der Waals surface area contributed by atoms with E-state index in [2.05, 4.69) is 5.32 Å². The van der Waals surface area contributed by atoms with Crippen LogP contribution in [-0.4, -0.2) is 31.7 Å². The van der Waals surface area contributed by atoms with Crippen LogP contribution in [0.3, 0.4) is 0 Å². The molecule has 0 atom stereocenters. The average Bonchev–Trinajstić information content (AvgIpc) is 2.70. The van der Waals surface area contributed by atoms with Gasteiger partial charge in [0.05, 0.1) is 14.9 Å². The molecule has 8 heteroatoms. The van der Waals surface area contributed by atoms with E-state index in [-0.39, 0.29) is 10.8 Å². The first kappa shape index (κ1) is 23.7. The van der Waals surface area contributed by atoms with Crippen molar-refractivity contribution in [3.8, 4) is 0 Å². The predicted octanol–water partition coefficient (Wildman–Crippen LogP) is 4.66. The first-order valence-corrected chi connectivity index (χ1v) is 11.8. The summed E-state index contributed by atoms with van der Waals surface area (Å²) >= 11 is 11.9. The zero-order valence-electron chi connectivity index (χ0n) is 16.6. The normalized spacial score (nSPS) is 11.6. The Balaban J connectivity index is 1.82. The molecule has 0 unspecified atom stereocenters. The van der Waals surface area contributed by atoms with Gasteiger partial charge in [-0.3, -0.25) is 4.79 Å². The molecule has 0 saturated heterocycles. The maximum Gasteiger partial charge on any atom is 0.243 e. The third-order valence-electron chi connectivity index (χ3n) is 4.61. The van der Waals surface area contributed by atoms with E-state index in [1.165, 1.54) is 4.31 Å². The number of hydrogen-bond acceptors (Lipinski definition) is 3. The van der Waals surface area contributed by atoms with Gasteiger partial charge in [-0.1, -0.05) is 55.2 Å². The maximum absolute atomic E-state index is 12.5. The molecule has 2 rings (SSSR count). The van der Waals surface area contributed by atoms with E-state index in [0.29, 0.717) is 42.5 Å². The first-order valence-electron chi connectivity index (χ1n) is 9.57. The number of halogens is 2. The number of carbonyl (C=O) groups is 1. The summed E-state index contributed by atoms with van der Waals surface area (Å²) in [4.78, 5) is 12.3. The number of carbonyl (C=O) groups excluding carboxylic acids is 1. The molecule has 0 heterocycles. The molecule has 2 aromatic carbocycles. The smallest absolute Gasteiger partial charge is 0.243 e. The van der Waals surface area contributed by atoms with Crippen molar-refractivity contribution in [3.05, 3.63) is 63.6 Å². The van der Waals surface area contributed by atoms with Gasteiger partial charge in [-0.25, -0.2) is 8.42 Å². The van der Waals surface area contributed by atoms with Crippen molar-refractivity contribution < 1.29 is 13.2 Å². The highest BCUT2D eigenvalue weighted by Crippen LogP contribution is 2.23. The van der Waals surface area contributed by atoms with Gasteiger partial charge >= 0.3 is 0 Å². The summed E-state index contributed by atoms with van der Waals surface area (Å²) in [6.07, 6.45) is 1.84. The van der Waals surface area contributed by atoms with E-state index >= 15 is 0 Å². The van der Waals surface area contributed by atoms with Gasteiger partial charge in [-0.15, -0.1) is 0 Å². The molecule has 0 aliphatic rings. The maximum atomic E-state index is 12.5. The fraction of sp³-hybridized carbons (Fsp3) is 0.381. The highest BCUT2D eigenvalue weighted by Gasteiger charge is 2.21. The van der Waals surface area contributed by atoms with Crippen molar-refractivity contribution in [2.24, 2.45) is 0 Å². The van der Waals surface area contributed by atoms with Crippen LogP contribution in [0.15, 0.2) is 47.4 Å². The lowest BCUT2D eigenvalue weighted by Crippen LogP contribution is -2.30. The number of sulfonamides is 1. The van der Waals surface area contributed by atoms with E-state index in [0.717, 1.165) is 17.5 Å². The number of benzene rings is 2. The minimum absolute atomic E-state index is 0.0510. The quantitative estimate of drug-likeness (QED) is 0.564. The molecule has 0 fully saturated rings. The van der Waals surface area contributed by atoms with Crippen molar-refractivity contribution in [1.82, 2.24) is 9.62 Å². The molecule has 0 spiro atoms. The second kappa shape index (κ2) is 11.0. The van der Waals surface area contributed by atoms with Crippen LogP contribution < -0.4 is 5.32 Å². The summed E-state index contributed by atoms with van der Waals surface area (Å²) in [6, 6.07) is 12.1. The van der Waals surface area contributed by atoms with Gasteiger partial charge in [-0.05, 0) is 48.2 Å². The SMILES string of the molecule is CCN(CC)S(=O)(=O)c1ccc(CNC(=O)CCCc2ccc(Cl)c(Cl)c2)cc1. The fourth-order valence-electron chi connectivity index (χ4n) is 2.93. The fourth-order valence-corrected chi connectivity index (χ4v) is 4.71. The average molecular weight is 457 g/mol. The minimum Gasteiger partial charge on any atom is -0.352 e. The third kappa shape index (κ3) is 6.71. The summed E-state index contributed by atoms with van der Waals surface area (Å²) in [5.41, 5.74) is 1.89. The van der Waals surface area contributed by atoms with Gasteiger partial charge in [-0.2, -0.15) is 4.31 Å². The molecule has 0 saturated carbocycles. The van der Waals surface area contributed by atoms with E-state index < -0.39 is 10.0 Å². The number of rotatable bonds is 10. The second-order valence-corrected chi connectivity index (χ2v) is 9.36. The van der Waals surface area contributed by atoms with Gasteiger partial charge in [0.2, 0.25) is 15.9 Å². The molecule has 0 aliphatic carbocycles. The highest BCUT2D eigenvalue weighted by atomic mass is 35.5. The van der Waals surface area contributed by atoms with Crippen molar-refractivity contribution in [2.75, 3.05) is 13.1 Å². The van der Waals surface area contributed by atoms with E-state index in [4.69, 9.17) is 23.2 Å². The zero-order valence-corrected chi connectivity index (χ0v) is 18.9. The standard InChI is InChI=1S/C21H26Cl2N2O3S/c1-3-25(4-2)29(27,28)18-11-8-17(9-12-18)15-24-21(26)7-5-6-16-10-13-19(22)20(23)14-16/h8-14H,3-7,15H2,1-2H3,(H,24,26). The lowest BCUT2D eigenvalue weighted by Gasteiger charge is -2.18. The Morgan fingerprint density at radius 1 is 0.966 bits per heavy atom. The molecule has 0 aromatic heterocycles. The van der Waals surface area contributed by atoms with Crippen LogP contribution in [0.4, 0.5) is 0 Å². The monoisotopic (exact) mass is 456 g/mol. The van der Waals surface area contributed by atoms with Crippen molar-refractivity contribution >= 4 is 39.1 Å². The lowest BCUT2D eigenvalue weighted by atomic mass is 10.1. The Morgan fingerprint density at radius 3 is 2.17 bits per heavy atom. The molecule has 0 aliphatic heterocycles. The third-order valence-corrected chi connectivity index (χ3v) is 7.41. The number of hydrogen-bond donors (Lipinski definition) is 1. The summed E-state index contributed by atoms with van der Waals surface area (Å²) in [5.74, 6) is -0.0510. The van der Waals surface area contributed by atoms with Crippen LogP contribution in [-0.2, 0) is 27.8 Å². The van der Waals surface area contributed by atoms with Gasteiger partial charge in [0.25, 0.3) is 0 Å². The minimum atomic E-state index is -3.47. The molecule has 1 N–H and O–H groups in total. The van der Waals surface area contributed by atoms with E-state index in [1.807, 2.05) is 26.0 Å². The number of nitrogens with zero attached hydrogens (tertiary/aromatic N) is 1. The van der Waals surface area contributed by atoms with Gasteiger partial charge < -0.3 is 5.32 Å². The molecule has 1 amide bonds. The summed E-state index contributed by atoms with van der Waals surface area (Å²) in [5, 5.41) is 3.89. The van der Waals surface area contributed by atoms with Gasteiger partial charge in [0.1, 0.15) is 0 Å². The molecule has 5 nitrogen and oxygen atoms in total. The Hall–Kier alpha value is -1.60. The van der Waals surface area contributed by atoms with Gasteiger partial charge in [0.15, 0.2) is 0 Å². The Bertz CT molecular complexity index is 927. The number of amides is 1. The Labute approximate surface area is 183 Å². The zero-order chi connectivity index (χ0) is 21.4. The second-order valence-electron chi connectivity index (χ2n) is 6.61. The van der Waals surface area contributed by atoms with Gasteiger partial charge in [0, 0.05) is 26.1 Å². The van der Waals surface area contributed by atoms with Crippen LogP contribution in [0.2, 0.25) is 10.0 Å². The molecule has 158 valence electrons. The van der Waals surface area contributed by atoms with Crippen LogP contribution in [0.5, 0.6) is 0 Å². The Morgan fingerprint density at radius 2 is 1.59 bits per heavy atom. The largest absolute Gasteiger partial charge is 0.352 e. The van der Waals surface area contributed by atoms with Crippen LogP contribution in [0.1, 0.15) is 37.8 Å². The van der Waals surface area contributed by atoms with Crippen molar-refractivity contribution in [2.45, 2.75) is 44.6 Å². The summed E-state index contributed by atoms with van der Waals surface area (Å²) in [7, 11) is -3.47. The van der Waals surface area contributed by atoms with Crippen LogP contribution in [0.25, 0.3) is 0 Å². The van der Waals surface area contributed by atoms with E-state index in [9.17, 15) is 13.2 Å². The van der Waals surface area contributed by atoms with Crippen LogP contribution >= 0.6 is 23.2 Å². The predicted molar refractivity (Wildman–Crippen MR) is 118 cm³/mol. The molecular formula is C21H26Cl2N2O3S. The summed E-state index contributed by atoms with van der Waals surface area (Å²) in [6.45, 7) is 4.84. The van der Waals surface area contributed by atoms with Crippen molar-refractivity contribution in [3.63, 3.8) is 0 Å². The topological polar surface area (TPSA) is 66.5 Å². The Kier molecular flexibility index (Phi) is 8.96. The summed E-state index contributed by atoms with van der Waals surface area (Å²) < 4.78 is 26.4. The highest BCUT2D eigenvalue weighted by molar-refractivity contribution is 7.89. The molecule has 29 heavy (non-hydrogen) atoms. The molecule has 0 radical (unpaired) electrons. The lowest BCUT2D eigenvalue weighted by molar-refractivity contribution is -0.121. The van der Waals surface area contributed by atoms with Crippen LogP contribution in [0, 0.1) is 0 Å². The molecule has 0 bridgehead atoms. The van der Waals surface area contributed by atoms with E-state index in [1.54, 1.807) is 30.3 Å². The molecule has 2 aromatic rings. The molecular weight excluding hydrogens is 431 g/mol. The van der Waals surface area contributed by atoms with Crippen molar-refractivity contribution in [1.29, 1.82) is 0 Å².